The zero-order chi connectivity index (χ0) is 21.2. The van der Waals surface area contributed by atoms with Crippen molar-refractivity contribution < 1.29 is 13.6 Å². The molecule has 2 rings (SSSR count). The summed E-state index contributed by atoms with van der Waals surface area (Å²) in [7, 11) is 1.63. The van der Waals surface area contributed by atoms with E-state index in [-0.39, 0.29) is 42.2 Å². The van der Waals surface area contributed by atoms with E-state index in [9.17, 15) is 13.6 Å². The Hall–Kier alpha value is -1.88. The molecule has 0 saturated heterocycles. The van der Waals surface area contributed by atoms with Crippen LogP contribution in [0.3, 0.4) is 0 Å². The van der Waals surface area contributed by atoms with Crippen molar-refractivity contribution in [2.75, 3.05) is 19.8 Å². The van der Waals surface area contributed by atoms with E-state index >= 15 is 0 Å². The molecule has 4 N–H and O–H groups in total. The molecule has 0 radical (unpaired) electrons. The second-order valence-corrected chi connectivity index (χ2v) is 7.45. The Morgan fingerprint density at radius 3 is 2.37 bits per heavy atom. The minimum Gasteiger partial charge on any atom is -0.369 e. The van der Waals surface area contributed by atoms with E-state index in [1.807, 2.05) is 6.26 Å². The maximum absolute atomic E-state index is 13.5. The number of thioether (sulfide) groups is 1. The van der Waals surface area contributed by atoms with Gasteiger partial charge in [-0.1, -0.05) is 18.2 Å². The predicted molar refractivity (Wildman–Crippen MR) is 130 cm³/mol. The standard InChI is InChI=1S/C21H26F2N4OS.HI/c1-25-21(26-11-15-5-8-19(23)10-17(15)13-29-2)27-12-16(20(24)28)9-14-3-6-18(22)7-4-14;/h3-8,10,16H,9,11-13H2,1-2H3,(H2,24,28)(H2,25,26,27);1H. The summed E-state index contributed by atoms with van der Waals surface area (Å²) in [5.41, 5.74) is 8.25. The minimum absolute atomic E-state index is 0. The minimum atomic E-state index is -0.475. The molecule has 0 heterocycles. The fourth-order valence-corrected chi connectivity index (χ4v) is 3.43. The molecule has 0 aliphatic heterocycles. The topological polar surface area (TPSA) is 79.5 Å². The summed E-state index contributed by atoms with van der Waals surface area (Å²) in [6, 6.07) is 10.7. The number of rotatable bonds is 9. The average molecular weight is 548 g/mol. The number of halogens is 3. The lowest BCUT2D eigenvalue weighted by molar-refractivity contribution is -0.121. The number of nitrogens with zero attached hydrogens (tertiary/aromatic N) is 1. The van der Waals surface area contributed by atoms with Crippen LogP contribution >= 0.6 is 35.7 Å². The van der Waals surface area contributed by atoms with Crippen molar-refractivity contribution in [1.29, 1.82) is 0 Å². The monoisotopic (exact) mass is 548 g/mol. The molecule has 0 spiro atoms. The van der Waals surface area contributed by atoms with Gasteiger partial charge in [0.05, 0.1) is 5.92 Å². The number of benzene rings is 2. The molecule has 2 aromatic rings. The number of hydrogen-bond donors (Lipinski definition) is 3. The first-order chi connectivity index (χ1) is 13.9. The van der Waals surface area contributed by atoms with E-state index in [1.54, 1.807) is 37.0 Å². The SMILES string of the molecule is CN=C(NCc1ccc(F)cc1CSC)NCC(Cc1ccc(F)cc1)C(N)=O.I. The third kappa shape index (κ3) is 8.47. The lowest BCUT2D eigenvalue weighted by atomic mass is 9.98. The van der Waals surface area contributed by atoms with Gasteiger partial charge in [0.2, 0.25) is 5.91 Å². The third-order valence-electron chi connectivity index (χ3n) is 4.45. The number of amides is 1. The highest BCUT2D eigenvalue weighted by Gasteiger charge is 2.17. The van der Waals surface area contributed by atoms with Crippen molar-refractivity contribution in [1.82, 2.24) is 10.6 Å². The van der Waals surface area contributed by atoms with E-state index < -0.39 is 11.8 Å². The number of carbonyl (C=O) groups is 1. The molecule has 164 valence electrons. The fourth-order valence-electron chi connectivity index (χ4n) is 2.85. The molecular weight excluding hydrogens is 521 g/mol. The lowest BCUT2D eigenvalue weighted by Gasteiger charge is -2.18. The summed E-state index contributed by atoms with van der Waals surface area (Å²) in [4.78, 5) is 16.0. The Kier molecular flexibility index (Phi) is 11.7. The zero-order valence-electron chi connectivity index (χ0n) is 17.0. The Morgan fingerprint density at radius 1 is 1.10 bits per heavy atom. The van der Waals surface area contributed by atoms with Crippen LogP contribution in [0.5, 0.6) is 0 Å². The van der Waals surface area contributed by atoms with Gasteiger partial charge in [0.15, 0.2) is 5.96 Å². The van der Waals surface area contributed by atoms with Gasteiger partial charge >= 0.3 is 0 Å². The number of guanidine groups is 1. The molecule has 0 fully saturated rings. The van der Waals surface area contributed by atoms with Crippen molar-refractivity contribution in [2.45, 2.75) is 18.7 Å². The first-order valence-corrected chi connectivity index (χ1v) is 10.6. The Labute approximate surface area is 197 Å². The summed E-state index contributed by atoms with van der Waals surface area (Å²) in [5, 5.41) is 6.28. The van der Waals surface area contributed by atoms with Crippen LogP contribution in [0.15, 0.2) is 47.5 Å². The first kappa shape index (κ1) is 26.2. The first-order valence-electron chi connectivity index (χ1n) is 9.17. The van der Waals surface area contributed by atoms with Crippen molar-refractivity contribution in [3.8, 4) is 0 Å². The molecule has 0 saturated carbocycles. The molecule has 0 aliphatic carbocycles. The number of hydrogen-bond acceptors (Lipinski definition) is 3. The molecule has 2 aromatic carbocycles. The summed E-state index contributed by atoms with van der Waals surface area (Å²) < 4.78 is 26.5. The average Bonchev–Trinajstić information content (AvgIpc) is 2.70. The maximum Gasteiger partial charge on any atom is 0.222 e. The van der Waals surface area contributed by atoms with E-state index in [4.69, 9.17) is 5.73 Å². The summed E-state index contributed by atoms with van der Waals surface area (Å²) in [6.45, 7) is 0.752. The lowest BCUT2D eigenvalue weighted by Crippen LogP contribution is -2.43. The number of nitrogens with two attached hydrogens (primary N) is 1. The molecular formula is C21H27F2IN4OS. The molecule has 9 heteroatoms. The zero-order valence-corrected chi connectivity index (χ0v) is 20.1. The number of primary amides is 1. The highest BCUT2D eigenvalue weighted by atomic mass is 127. The van der Waals surface area contributed by atoms with Crippen LogP contribution in [-0.4, -0.2) is 31.7 Å². The van der Waals surface area contributed by atoms with Crippen LogP contribution in [0.2, 0.25) is 0 Å². The largest absolute Gasteiger partial charge is 0.369 e. The molecule has 0 aromatic heterocycles. The summed E-state index contributed by atoms with van der Waals surface area (Å²) in [5.74, 6) is -0.286. The van der Waals surface area contributed by atoms with Gasteiger partial charge in [-0.05, 0) is 53.6 Å². The highest BCUT2D eigenvalue weighted by Crippen LogP contribution is 2.16. The summed E-state index contributed by atoms with van der Waals surface area (Å²) in [6.07, 6.45) is 2.36. The maximum atomic E-state index is 13.5. The van der Waals surface area contributed by atoms with Crippen LogP contribution < -0.4 is 16.4 Å². The van der Waals surface area contributed by atoms with Crippen LogP contribution in [0.1, 0.15) is 16.7 Å². The highest BCUT2D eigenvalue weighted by molar-refractivity contribution is 14.0. The van der Waals surface area contributed by atoms with Gasteiger partial charge in [0.25, 0.3) is 0 Å². The Bertz CT molecular complexity index is 849. The predicted octanol–water partition coefficient (Wildman–Crippen LogP) is 3.46. The molecule has 1 amide bonds. The summed E-state index contributed by atoms with van der Waals surface area (Å²) >= 11 is 1.62. The second-order valence-electron chi connectivity index (χ2n) is 6.58. The van der Waals surface area contributed by atoms with Crippen LogP contribution in [-0.2, 0) is 23.5 Å². The van der Waals surface area contributed by atoms with E-state index in [0.717, 1.165) is 16.7 Å². The molecule has 30 heavy (non-hydrogen) atoms. The van der Waals surface area contributed by atoms with Gasteiger partial charge in [0.1, 0.15) is 11.6 Å². The fraction of sp³-hybridized carbons (Fsp3) is 0.333. The smallest absolute Gasteiger partial charge is 0.222 e. The Morgan fingerprint density at radius 2 is 1.77 bits per heavy atom. The van der Waals surface area contributed by atoms with Gasteiger partial charge < -0.3 is 16.4 Å². The van der Waals surface area contributed by atoms with E-state index in [2.05, 4.69) is 15.6 Å². The van der Waals surface area contributed by atoms with Gasteiger partial charge in [0, 0.05) is 25.9 Å². The molecule has 5 nitrogen and oxygen atoms in total. The number of aliphatic imine (C=N–C) groups is 1. The number of carbonyl (C=O) groups excluding carboxylic acids is 1. The van der Waals surface area contributed by atoms with Gasteiger partial charge in [-0.2, -0.15) is 11.8 Å². The van der Waals surface area contributed by atoms with Gasteiger partial charge in [-0.15, -0.1) is 24.0 Å². The van der Waals surface area contributed by atoms with E-state index in [1.165, 1.54) is 24.3 Å². The van der Waals surface area contributed by atoms with Crippen LogP contribution in [0, 0.1) is 17.6 Å². The van der Waals surface area contributed by atoms with Gasteiger partial charge in [-0.25, -0.2) is 8.78 Å². The quantitative estimate of drug-likeness (QED) is 0.255. The van der Waals surface area contributed by atoms with Gasteiger partial charge in [-0.3, -0.25) is 9.79 Å². The number of nitrogens with one attached hydrogen (secondary N) is 2. The van der Waals surface area contributed by atoms with E-state index in [0.29, 0.717) is 24.7 Å². The normalized spacial score (nSPS) is 12.1. The molecule has 1 unspecified atom stereocenters. The molecule has 0 bridgehead atoms. The van der Waals surface area contributed by atoms with Crippen LogP contribution in [0.4, 0.5) is 8.78 Å². The van der Waals surface area contributed by atoms with Crippen molar-refractivity contribution >= 4 is 47.6 Å². The second kappa shape index (κ2) is 13.4. The van der Waals surface area contributed by atoms with Crippen molar-refractivity contribution in [2.24, 2.45) is 16.6 Å². The Balaban J connectivity index is 0.00000450. The van der Waals surface area contributed by atoms with Crippen LogP contribution in [0.25, 0.3) is 0 Å². The molecule has 0 aliphatic rings. The van der Waals surface area contributed by atoms with Crippen molar-refractivity contribution in [3.63, 3.8) is 0 Å². The third-order valence-corrected chi connectivity index (χ3v) is 5.05. The van der Waals surface area contributed by atoms with Crippen molar-refractivity contribution in [3.05, 3.63) is 70.8 Å². The molecule has 1 atom stereocenters.